The average molecular weight is 258 g/mol. The van der Waals surface area contributed by atoms with Crippen molar-refractivity contribution >= 4 is 21.8 Å². The van der Waals surface area contributed by atoms with Gasteiger partial charge in [0.05, 0.1) is 17.5 Å². The fourth-order valence-electron chi connectivity index (χ4n) is 1.51. The monoisotopic (exact) mass is 257 g/mol. The third-order valence-corrected chi connectivity index (χ3v) is 2.94. The van der Waals surface area contributed by atoms with Crippen LogP contribution in [0.2, 0.25) is 0 Å². The molecule has 0 aromatic rings. The Morgan fingerprint density at radius 3 is 3.21 bits per heavy atom. The number of hydrogen-bond acceptors (Lipinski definition) is 4. The lowest BCUT2D eigenvalue weighted by atomic mass is 10.2. The number of nitro groups is 1. The topological polar surface area (TPSA) is 58.7 Å². The van der Waals surface area contributed by atoms with Gasteiger partial charge in [0.25, 0.3) is 0 Å². The molecule has 0 aliphatic carbocycles. The first-order valence-electron chi connectivity index (χ1n) is 4.16. The number of allylic oxidation sites excluding steroid dienone is 2. The number of halogens is 1. The molecule has 0 fully saturated rings. The fraction of sp³-hybridized carbons (Fsp3) is 0.375. The lowest BCUT2D eigenvalue weighted by Gasteiger charge is -2.22. The maximum absolute atomic E-state index is 10.7. The summed E-state index contributed by atoms with van der Waals surface area (Å²) in [5, 5.41) is 11.4. The van der Waals surface area contributed by atoms with Crippen molar-refractivity contribution < 1.29 is 4.92 Å². The molecule has 6 heteroatoms. The van der Waals surface area contributed by atoms with Gasteiger partial charge in [0, 0.05) is 17.6 Å². The Labute approximate surface area is 89.1 Å². The fourth-order valence-corrected chi connectivity index (χ4v) is 2.02. The number of alkyl halides is 1. The Bertz CT molecular complexity index is 362. The number of nitrogens with zero attached hydrogens (tertiary/aromatic N) is 3. The van der Waals surface area contributed by atoms with E-state index in [1.807, 2.05) is 11.1 Å². The van der Waals surface area contributed by atoms with E-state index >= 15 is 0 Å². The van der Waals surface area contributed by atoms with Gasteiger partial charge in [0.1, 0.15) is 0 Å². The van der Waals surface area contributed by atoms with Gasteiger partial charge in [-0.05, 0) is 6.08 Å². The number of hydrogen-bond donors (Lipinski definition) is 0. The lowest BCUT2D eigenvalue weighted by molar-refractivity contribution is -0.416. The van der Waals surface area contributed by atoms with E-state index < -0.39 is 4.92 Å². The quantitative estimate of drug-likeness (QED) is 0.424. The second kappa shape index (κ2) is 3.53. The summed E-state index contributed by atoms with van der Waals surface area (Å²) in [4.78, 5) is 16.3. The number of amidine groups is 1. The Morgan fingerprint density at radius 1 is 1.79 bits per heavy atom. The van der Waals surface area contributed by atoms with Crippen LogP contribution in [0.15, 0.2) is 29.0 Å². The highest BCUT2D eigenvalue weighted by Gasteiger charge is 2.34. The van der Waals surface area contributed by atoms with E-state index in [4.69, 9.17) is 0 Å². The van der Waals surface area contributed by atoms with Crippen LogP contribution in [-0.2, 0) is 0 Å². The van der Waals surface area contributed by atoms with Crippen LogP contribution in [0.25, 0.3) is 0 Å². The van der Waals surface area contributed by atoms with Crippen LogP contribution in [0, 0.1) is 10.1 Å². The van der Waals surface area contributed by atoms with Gasteiger partial charge in [-0.2, -0.15) is 0 Å². The van der Waals surface area contributed by atoms with Gasteiger partial charge in [-0.25, -0.2) is 0 Å². The highest BCUT2D eigenvalue weighted by atomic mass is 79.9. The second-order valence-electron chi connectivity index (χ2n) is 3.03. The summed E-state index contributed by atoms with van der Waals surface area (Å²) in [5.74, 6) is 0.474. The molecule has 0 aromatic heterocycles. The first kappa shape index (κ1) is 9.39. The van der Waals surface area contributed by atoms with E-state index in [1.165, 1.54) is 6.08 Å². The van der Waals surface area contributed by atoms with Crippen LogP contribution in [0.3, 0.4) is 0 Å². The first-order valence-corrected chi connectivity index (χ1v) is 5.28. The molecule has 0 N–H and O–H groups in total. The normalized spacial score (nSPS) is 24.4. The van der Waals surface area contributed by atoms with Gasteiger partial charge in [-0.1, -0.05) is 15.9 Å². The van der Waals surface area contributed by atoms with Gasteiger partial charge in [-0.15, -0.1) is 0 Å². The molecule has 0 aromatic carbocycles. The molecule has 0 radical (unpaired) electrons. The molecule has 2 aliphatic heterocycles. The predicted octanol–water partition coefficient (Wildman–Crippen LogP) is 1.15. The Morgan fingerprint density at radius 2 is 2.57 bits per heavy atom. The smallest absolute Gasteiger partial charge is 0.311 e. The molecule has 1 unspecified atom stereocenters. The van der Waals surface area contributed by atoms with Crippen molar-refractivity contribution in [2.24, 2.45) is 4.99 Å². The summed E-state index contributed by atoms with van der Waals surface area (Å²) in [7, 11) is 0. The molecule has 2 rings (SSSR count). The van der Waals surface area contributed by atoms with Crippen LogP contribution in [0.4, 0.5) is 0 Å². The average Bonchev–Trinajstić information content (AvgIpc) is 2.59. The van der Waals surface area contributed by atoms with E-state index in [0.29, 0.717) is 12.4 Å². The molecular formula is C8H8BrN3O2. The van der Waals surface area contributed by atoms with E-state index in [2.05, 4.69) is 20.9 Å². The molecular weight excluding hydrogens is 250 g/mol. The molecule has 1 atom stereocenters. The molecule has 2 aliphatic rings. The number of fused-ring (bicyclic) bond motifs is 1. The predicted molar refractivity (Wildman–Crippen MR) is 55.9 cm³/mol. The maximum Gasteiger partial charge on any atom is 0.311 e. The van der Waals surface area contributed by atoms with Crippen molar-refractivity contribution in [3.05, 3.63) is 34.2 Å². The SMILES string of the molecule is O=[N+]([O-])C1=CC=CN2C1=NCC2CBr. The largest absolute Gasteiger partial charge is 0.322 e. The highest BCUT2D eigenvalue weighted by molar-refractivity contribution is 9.09. The van der Waals surface area contributed by atoms with Crippen molar-refractivity contribution in [2.75, 3.05) is 11.9 Å². The van der Waals surface area contributed by atoms with Crippen molar-refractivity contribution in [3.63, 3.8) is 0 Å². The standard InChI is InChI=1S/C8H8BrN3O2/c9-4-6-5-10-8-7(12(13)14)2-1-3-11(6)8/h1-3,6H,4-5H2. The molecule has 2 heterocycles. The summed E-state index contributed by atoms with van der Waals surface area (Å²) in [6.45, 7) is 0.607. The molecule has 74 valence electrons. The van der Waals surface area contributed by atoms with E-state index in [0.717, 1.165) is 5.33 Å². The minimum Gasteiger partial charge on any atom is -0.322 e. The third-order valence-electron chi connectivity index (χ3n) is 2.19. The van der Waals surface area contributed by atoms with Crippen molar-refractivity contribution in [2.45, 2.75) is 6.04 Å². The second-order valence-corrected chi connectivity index (χ2v) is 3.68. The van der Waals surface area contributed by atoms with Crippen LogP contribution < -0.4 is 0 Å². The van der Waals surface area contributed by atoms with Crippen LogP contribution in [-0.4, -0.2) is 33.6 Å². The zero-order valence-corrected chi connectivity index (χ0v) is 8.85. The Balaban J connectivity index is 2.30. The Hall–Kier alpha value is -1.17. The zero-order chi connectivity index (χ0) is 10.1. The van der Waals surface area contributed by atoms with E-state index in [-0.39, 0.29) is 11.7 Å². The summed E-state index contributed by atoms with van der Waals surface area (Å²) >= 11 is 3.36. The number of rotatable bonds is 2. The van der Waals surface area contributed by atoms with Gasteiger partial charge in [-0.3, -0.25) is 15.1 Å². The lowest BCUT2D eigenvalue weighted by Crippen LogP contribution is -2.36. The van der Waals surface area contributed by atoms with Crippen LogP contribution in [0.5, 0.6) is 0 Å². The van der Waals surface area contributed by atoms with Crippen LogP contribution >= 0.6 is 15.9 Å². The summed E-state index contributed by atoms with van der Waals surface area (Å²) < 4.78 is 0. The molecule has 0 saturated carbocycles. The molecule has 0 amide bonds. The third kappa shape index (κ3) is 1.35. The van der Waals surface area contributed by atoms with Crippen molar-refractivity contribution in [1.29, 1.82) is 0 Å². The van der Waals surface area contributed by atoms with E-state index in [9.17, 15) is 10.1 Å². The van der Waals surface area contributed by atoms with Crippen LogP contribution in [0.1, 0.15) is 0 Å². The summed E-state index contributed by atoms with van der Waals surface area (Å²) in [6.07, 6.45) is 4.98. The van der Waals surface area contributed by atoms with Gasteiger partial charge >= 0.3 is 5.70 Å². The Kier molecular flexibility index (Phi) is 2.37. The zero-order valence-electron chi connectivity index (χ0n) is 7.26. The highest BCUT2D eigenvalue weighted by Crippen LogP contribution is 2.21. The number of aliphatic imine (C=N–C) groups is 1. The van der Waals surface area contributed by atoms with Crippen molar-refractivity contribution in [1.82, 2.24) is 4.90 Å². The summed E-state index contributed by atoms with van der Waals surface area (Å²) in [6, 6.07) is 0.199. The first-order chi connectivity index (χ1) is 6.74. The van der Waals surface area contributed by atoms with Gasteiger partial charge < -0.3 is 4.90 Å². The van der Waals surface area contributed by atoms with Crippen molar-refractivity contribution in [3.8, 4) is 0 Å². The summed E-state index contributed by atoms with van der Waals surface area (Å²) in [5.41, 5.74) is 0.0796. The minimum absolute atomic E-state index is 0.0796. The molecule has 5 nitrogen and oxygen atoms in total. The van der Waals surface area contributed by atoms with Gasteiger partial charge in [0.2, 0.25) is 5.84 Å². The maximum atomic E-state index is 10.7. The molecule has 0 spiro atoms. The molecule has 14 heavy (non-hydrogen) atoms. The van der Waals surface area contributed by atoms with Gasteiger partial charge in [0.15, 0.2) is 0 Å². The minimum atomic E-state index is -0.397. The molecule has 0 saturated heterocycles. The molecule has 0 bridgehead atoms. The van der Waals surface area contributed by atoms with E-state index in [1.54, 1.807) is 6.08 Å².